The fourth-order valence-corrected chi connectivity index (χ4v) is 5.05. The Labute approximate surface area is 223 Å². The molecule has 12 heteroatoms. The van der Waals surface area contributed by atoms with Gasteiger partial charge in [-0.3, -0.25) is 18.2 Å². The minimum atomic E-state index is -3.69. The topological polar surface area (TPSA) is 124 Å². The molecule has 0 aliphatic rings. The first kappa shape index (κ1) is 33.2. The van der Waals surface area contributed by atoms with E-state index in [0.717, 1.165) is 0 Å². The predicted octanol–water partition coefficient (Wildman–Crippen LogP) is 6.47. The van der Waals surface area contributed by atoms with Gasteiger partial charge in [0.1, 0.15) is 0 Å². The van der Waals surface area contributed by atoms with Crippen molar-refractivity contribution >= 4 is 27.1 Å². The van der Waals surface area contributed by atoms with E-state index in [9.17, 15) is 18.7 Å². The number of carbonyl (C=O) groups excluding carboxylic acids is 2. The van der Waals surface area contributed by atoms with Crippen molar-refractivity contribution < 1.29 is 46.3 Å². The van der Waals surface area contributed by atoms with E-state index in [1.807, 2.05) is 0 Å². The molecule has 2 rings (SSSR count). The Morgan fingerprint density at radius 1 is 0.658 bits per heavy atom. The molecule has 0 aromatic heterocycles. The molecule has 38 heavy (non-hydrogen) atoms. The van der Waals surface area contributed by atoms with Crippen LogP contribution in [-0.4, -0.2) is 51.1 Å². The van der Waals surface area contributed by atoms with E-state index in [1.165, 1.54) is 6.08 Å². The van der Waals surface area contributed by atoms with Gasteiger partial charge in [-0.1, -0.05) is 48.6 Å². The van der Waals surface area contributed by atoms with Gasteiger partial charge in [0.15, 0.2) is 0 Å². The standard InChI is InChI=1S/C19H19O7P.C7H15O3P/c1-2-13-27(22,25-14-23-18(20)16-9-5-3-6-10-16)26-15-24-19(21)17-11-7-4-8-12-17;1-4-7-11(8,9-5-2)10-6-3/h2-12H,1,13-15H2;4H,1,5-7H2,2-3H3. The summed E-state index contributed by atoms with van der Waals surface area (Å²) >= 11 is 0. The summed E-state index contributed by atoms with van der Waals surface area (Å²) in [5.41, 5.74) is 0.662. The third-order valence-corrected chi connectivity index (χ3v) is 7.97. The fourth-order valence-electron chi connectivity index (χ4n) is 2.63. The van der Waals surface area contributed by atoms with Crippen molar-refractivity contribution in [2.24, 2.45) is 0 Å². The van der Waals surface area contributed by atoms with Gasteiger partial charge in [0.25, 0.3) is 0 Å². The van der Waals surface area contributed by atoms with Crippen molar-refractivity contribution in [2.45, 2.75) is 13.8 Å². The van der Waals surface area contributed by atoms with E-state index in [4.69, 9.17) is 27.6 Å². The summed E-state index contributed by atoms with van der Waals surface area (Å²) < 4.78 is 54.0. The summed E-state index contributed by atoms with van der Waals surface area (Å²) in [6.07, 6.45) is 3.03. The van der Waals surface area contributed by atoms with Crippen LogP contribution >= 0.6 is 15.2 Å². The van der Waals surface area contributed by atoms with E-state index in [2.05, 4.69) is 13.2 Å². The lowest BCUT2D eigenvalue weighted by molar-refractivity contribution is -0.00709. The highest BCUT2D eigenvalue weighted by Gasteiger charge is 2.25. The molecule has 0 saturated heterocycles. The highest BCUT2D eigenvalue weighted by molar-refractivity contribution is 7.54. The molecule has 0 aliphatic heterocycles. The van der Waals surface area contributed by atoms with Crippen LogP contribution in [0.15, 0.2) is 86.0 Å². The number of hydrogen-bond donors (Lipinski definition) is 0. The zero-order valence-corrected chi connectivity index (χ0v) is 23.4. The molecule has 0 amide bonds. The lowest BCUT2D eigenvalue weighted by Crippen LogP contribution is -2.12. The van der Waals surface area contributed by atoms with Crippen LogP contribution in [0.4, 0.5) is 0 Å². The Kier molecular flexibility index (Phi) is 16.1. The van der Waals surface area contributed by atoms with Gasteiger partial charge in [-0.25, -0.2) is 9.59 Å². The number of esters is 2. The summed E-state index contributed by atoms with van der Waals surface area (Å²) in [4.78, 5) is 23.7. The van der Waals surface area contributed by atoms with Crippen LogP contribution in [0.25, 0.3) is 0 Å². The Hall–Kier alpha value is -2.84. The maximum atomic E-state index is 12.6. The van der Waals surface area contributed by atoms with Crippen LogP contribution in [0, 0.1) is 0 Å². The zero-order chi connectivity index (χ0) is 28.3. The summed E-state index contributed by atoms with van der Waals surface area (Å²) in [5.74, 6) is -1.26. The molecule has 2 aromatic carbocycles. The Balaban J connectivity index is 0.000000554. The second-order valence-electron chi connectivity index (χ2n) is 7.09. The van der Waals surface area contributed by atoms with Crippen molar-refractivity contribution in [2.75, 3.05) is 39.1 Å². The summed E-state index contributed by atoms with van der Waals surface area (Å²) in [6, 6.07) is 16.6. The molecule has 0 saturated carbocycles. The Morgan fingerprint density at radius 3 is 1.32 bits per heavy atom. The monoisotopic (exact) mass is 568 g/mol. The molecule has 0 N–H and O–H groups in total. The lowest BCUT2D eigenvalue weighted by atomic mass is 10.2. The third kappa shape index (κ3) is 13.1. The Morgan fingerprint density at radius 2 is 1.00 bits per heavy atom. The van der Waals surface area contributed by atoms with Crippen molar-refractivity contribution in [3.05, 3.63) is 97.1 Å². The molecule has 0 atom stereocenters. The van der Waals surface area contributed by atoms with E-state index in [0.29, 0.717) is 24.3 Å². The molecule has 10 nitrogen and oxygen atoms in total. The molecule has 0 spiro atoms. The minimum Gasteiger partial charge on any atom is -0.434 e. The SMILES string of the molecule is C=CCP(=O)(OCC)OCC.C=CCP(=O)(OCOC(=O)c1ccccc1)OCOC(=O)c1ccccc1. The molecule has 0 bridgehead atoms. The van der Waals surface area contributed by atoms with Crippen molar-refractivity contribution in [1.82, 2.24) is 0 Å². The largest absolute Gasteiger partial charge is 0.434 e. The molecule has 208 valence electrons. The summed E-state index contributed by atoms with van der Waals surface area (Å²) in [6.45, 7) is 10.2. The fraction of sp³-hybridized carbons (Fsp3) is 0.308. The average Bonchev–Trinajstić information content (AvgIpc) is 2.90. The van der Waals surface area contributed by atoms with Gasteiger partial charge in [-0.15, -0.1) is 13.2 Å². The molecule has 0 heterocycles. The van der Waals surface area contributed by atoms with Gasteiger partial charge in [-0.2, -0.15) is 0 Å². The third-order valence-electron chi connectivity index (χ3n) is 4.25. The molecule has 0 fully saturated rings. The number of carbonyl (C=O) groups is 2. The Bertz CT molecular complexity index is 1020. The first-order chi connectivity index (χ1) is 18.2. The molecule has 2 aromatic rings. The van der Waals surface area contributed by atoms with Crippen molar-refractivity contribution in [3.63, 3.8) is 0 Å². The smallest absolute Gasteiger partial charge is 0.340 e. The first-order valence-corrected chi connectivity index (χ1v) is 15.1. The van der Waals surface area contributed by atoms with Gasteiger partial charge in [0.2, 0.25) is 13.6 Å². The first-order valence-electron chi connectivity index (χ1n) is 11.6. The zero-order valence-electron chi connectivity index (χ0n) is 21.6. The van der Waals surface area contributed by atoms with E-state index in [1.54, 1.807) is 80.6 Å². The van der Waals surface area contributed by atoms with Gasteiger partial charge >= 0.3 is 27.1 Å². The van der Waals surface area contributed by atoms with Crippen molar-refractivity contribution in [1.29, 1.82) is 0 Å². The van der Waals surface area contributed by atoms with Crippen LogP contribution in [0.3, 0.4) is 0 Å². The van der Waals surface area contributed by atoms with Gasteiger partial charge < -0.3 is 18.5 Å². The maximum absolute atomic E-state index is 12.6. The molecule has 0 radical (unpaired) electrons. The van der Waals surface area contributed by atoms with Crippen LogP contribution in [0.5, 0.6) is 0 Å². The van der Waals surface area contributed by atoms with E-state index in [-0.39, 0.29) is 12.3 Å². The number of hydrogen-bond acceptors (Lipinski definition) is 10. The molecule has 0 unspecified atom stereocenters. The second-order valence-corrected chi connectivity index (χ2v) is 11.3. The number of ether oxygens (including phenoxy) is 2. The highest BCUT2D eigenvalue weighted by Crippen LogP contribution is 2.48. The normalized spacial score (nSPS) is 11.0. The van der Waals surface area contributed by atoms with Gasteiger partial charge in [0.05, 0.1) is 36.7 Å². The van der Waals surface area contributed by atoms with E-state index >= 15 is 0 Å². The second kappa shape index (κ2) is 18.4. The summed E-state index contributed by atoms with van der Waals surface area (Å²) in [7, 11) is -6.52. The lowest BCUT2D eigenvalue weighted by Gasteiger charge is -2.17. The average molecular weight is 568 g/mol. The van der Waals surface area contributed by atoms with Gasteiger partial charge in [0, 0.05) is 0 Å². The van der Waals surface area contributed by atoms with Crippen LogP contribution in [0.2, 0.25) is 0 Å². The van der Waals surface area contributed by atoms with Crippen molar-refractivity contribution in [3.8, 4) is 0 Å². The number of allylic oxidation sites excluding steroid dienone is 2. The molecular weight excluding hydrogens is 534 g/mol. The highest BCUT2D eigenvalue weighted by atomic mass is 31.2. The van der Waals surface area contributed by atoms with Crippen LogP contribution < -0.4 is 0 Å². The quantitative estimate of drug-likeness (QED) is 0.0964. The minimum absolute atomic E-state index is 0.140. The maximum Gasteiger partial charge on any atom is 0.340 e. The van der Waals surface area contributed by atoms with E-state index < -0.39 is 40.7 Å². The molecular formula is C26H34O10P2. The van der Waals surface area contributed by atoms with Crippen LogP contribution in [0.1, 0.15) is 34.6 Å². The summed E-state index contributed by atoms with van der Waals surface area (Å²) in [5, 5.41) is 0. The number of rotatable bonds is 16. The van der Waals surface area contributed by atoms with Crippen LogP contribution in [-0.2, 0) is 36.7 Å². The van der Waals surface area contributed by atoms with Gasteiger partial charge in [-0.05, 0) is 38.1 Å². The molecule has 0 aliphatic carbocycles. The number of benzene rings is 2. The predicted molar refractivity (Wildman–Crippen MR) is 144 cm³/mol.